The van der Waals surface area contributed by atoms with Gasteiger partial charge in [0, 0.05) is 19.2 Å². The highest BCUT2D eigenvalue weighted by Gasteiger charge is 2.67. The number of amides is 1. The molecule has 188 valence electrons. The molecule has 3 aliphatic rings. The Morgan fingerprint density at radius 2 is 1.81 bits per heavy atom. The van der Waals surface area contributed by atoms with Gasteiger partial charge in [0.15, 0.2) is 5.70 Å². The van der Waals surface area contributed by atoms with E-state index < -0.39 is 41.5 Å². The summed E-state index contributed by atoms with van der Waals surface area (Å²) in [7, 11) is 5.30. The predicted molar refractivity (Wildman–Crippen MR) is 126 cm³/mol. The summed E-state index contributed by atoms with van der Waals surface area (Å²) in [5, 5.41) is 0. The van der Waals surface area contributed by atoms with Gasteiger partial charge in [-0.25, -0.2) is 29.1 Å². The third kappa shape index (κ3) is 3.40. The van der Waals surface area contributed by atoms with Gasteiger partial charge in [-0.05, 0) is 18.1 Å². The van der Waals surface area contributed by atoms with Crippen LogP contribution in [-0.4, -0.2) is 81.8 Å². The van der Waals surface area contributed by atoms with Gasteiger partial charge >= 0.3 is 24.0 Å². The summed E-state index contributed by atoms with van der Waals surface area (Å²) in [6.07, 6.45) is 4.57. The van der Waals surface area contributed by atoms with Crippen molar-refractivity contribution in [2.45, 2.75) is 30.3 Å². The fourth-order valence-corrected chi connectivity index (χ4v) is 5.35. The number of anilines is 1. The summed E-state index contributed by atoms with van der Waals surface area (Å²) in [5.74, 6) is 0.0544. The van der Waals surface area contributed by atoms with E-state index >= 15 is 0 Å². The van der Waals surface area contributed by atoms with Crippen LogP contribution in [-0.2, 0) is 38.7 Å². The van der Waals surface area contributed by atoms with E-state index in [1.54, 1.807) is 18.0 Å². The first-order valence-electron chi connectivity index (χ1n) is 11.1. The van der Waals surface area contributed by atoms with E-state index in [9.17, 15) is 19.2 Å². The van der Waals surface area contributed by atoms with E-state index in [4.69, 9.17) is 25.4 Å². The van der Waals surface area contributed by atoms with Crippen molar-refractivity contribution in [1.29, 1.82) is 0 Å². The van der Waals surface area contributed by atoms with Crippen LogP contribution < -0.4 is 4.90 Å². The van der Waals surface area contributed by atoms with Gasteiger partial charge in [0.1, 0.15) is 18.5 Å². The molecule has 3 heterocycles. The molecule has 4 rings (SSSR count). The molecule has 1 fully saturated rings. The van der Waals surface area contributed by atoms with Crippen molar-refractivity contribution in [2.75, 3.05) is 39.9 Å². The first-order valence-corrected chi connectivity index (χ1v) is 11.1. The number of hydrogen-bond donors (Lipinski definition) is 0. The molecule has 1 amide bonds. The van der Waals surface area contributed by atoms with E-state index in [2.05, 4.69) is 10.9 Å². The first kappa shape index (κ1) is 24.8. The molecular formula is C25H25N3O8. The molecule has 1 aromatic carbocycles. The lowest BCUT2D eigenvalue weighted by Gasteiger charge is -2.39. The number of benzene rings is 1. The highest BCUT2D eigenvalue weighted by molar-refractivity contribution is 6.16. The van der Waals surface area contributed by atoms with Gasteiger partial charge in [-0.2, -0.15) is 0 Å². The Labute approximate surface area is 207 Å². The van der Waals surface area contributed by atoms with Crippen molar-refractivity contribution in [2.24, 2.45) is 4.99 Å². The van der Waals surface area contributed by atoms with Crippen molar-refractivity contribution < 1.29 is 38.1 Å². The zero-order valence-corrected chi connectivity index (χ0v) is 20.3. The average molecular weight is 495 g/mol. The van der Waals surface area contributed by atoms with Crippen LogP contribution in [0.15, 0.2) is 40.5 Å². The Morgan fingerprint density at radius 1 is 1.11 bits per heavy atom. The van der Waals surface area contributed by atoms with Gasteiger partial charge in [0.25, 0.3) is 0 Å². The zero-order chi connectivity index (χ0) is 26.2. The minimum atomic E-state index is -1.18. The van der Waals surface area contributed by atoms with Gasteiger partial charge in [-0.3, -0.25) is 0 Å². The molecule has 1 saturated heterocycles. The van der Waals surface area contributed by atoms with Crippen LogP contribution in [0.5, 0.6) is 0 Å². The number of para-hydroxylation sites is 1. The Bertz CT molecular complexity index is 1250. The maximum Gasteiger partial charge on any atom is 0.416 e. The number of nitrogens with zero attached hydrogens (tertiary/aromatic N) is 3. The van der Waals surface area contributed by atoms with E-state index in [1.807, 2.05) is 18.2 Å². The first-order chi connectivity index (χ1) is 17.3. The summed E-state index contributed by atoms with van der Waals surface area (Å²) >= 11 is 0. The second kappa shape index (κ2) is 9.37. The number of carbonyl (C=O) groups excluding carboxylic acids is 4. The summed E-state index contributed by atoms with van der Waals surface area (Å²) in [6.45, 7) is -0.0902. The molecule has 0 radical (unpaired) electrons. The number of likely N-dealkylation sites (N-methyl/N-ethyl adjacent to an activating group) is 1. The Balaban J connectivity index is 2.03. The van der Waals surface area contributed by atoms with Gasteiger partial charge in [-0.15, -0.1) is 12.3 Å². The molecule has 36 heavy (non-hydrogen) atoms. The van der Waals surface area contributed by atoms with Crippen LogP contribution in [0.25, 0.3) is 0 Å². The van der Waals surface area contributed by atoms with Gasteiger partial charge in [0.05, 0.1) is 38.4 Å². The smallest absolute Gasteiger partial charge is 0.416 e. The quantitative estimate of drug-likeness (QED) is 0.256. The lowest BCUT2D eigenvalue weighted by molar-refractivity contribution is -0.144. The molecule has 0 aromatic heterocycles. The molecule has 3 aliphatic heterocycles. The second-order valence-corrected chi connectivity index (χ2v) is 8.36. The topological polar surface area (TPSA) is 124 Å². The van der Waals surface area contributed by atoms with Gasteiger partial charge in [0.2, 0.25) is 0 Å². The summed E-state index contributed by atoms with van der Waals surface area (Å²) in [4.78, 5) is 59.6. The van der Waals surface area contributed by atoms with Crippen molar-refractivity contribution in [3.8, 4) is 12.3 Å². The third-order valence-corrected chi connectivity index (χ3v) is 6.75. The van der Waals surface area contributed by atoms with Crippen LogP contribution in [0.4, 0.5) is 10.5 Å². The van der Waals surface area contributed by atoms with E-state index in [-0.39, 0.29) is 36.6 Å². The Hall–Kier alpha value is -4.33. The summed E-state index contributed by atoms with van der Waals surface area (Å²) in [5.41, 5.74) is -0.107. The largest absolute Gasteiger partial charge is 0.467 e. The molecule has 11 heteroatoms. The van der Waals surface area contributed by atoms with Crippen LogP contribution >= 0.6 is 0 Å². The molecular weight excluding hydrogens is 470 g/mol. The van der Waals surface area contributed by atoms with Gasteiger partial charge in [-0.1, -0.05) is 18.2 Å². The number of fused-ring (bicyclic) bond motifs is 1. The lowest BCUT2D eigenvalue weighted by Crippen LogP contribution is -2.55. The van der Waals surface area contributed by atoms with Crippen molar-refractivity contribution in [3.05, 3.63) is 41.1 Å². The number of carbonyl (C=O) groups is 4. The van der Waals surface area contributed by atoms with E-state index in [0.717, 1.165) is 23.3 Å². The highest BCUT2D eigenvalue weighted by atomic mass is 16.6. The monoisotopic (exact) mass is 495 g/mol. The number of likely N-dealkylation sites (tertiary alicyclic amines) is 1. The number of methoxy groups -OCH3 is 3. The molecule has 1 spiro atoms. The number of ether oxygens (including phenoxy) is 4. The third-order valence-electron chi connectivity index (χ3n) is 6.75. The fourth-order valence-electron chi connectivity index (χ4n) is 5.35. The second-order valence-electron chi connectivity index (χ2n) is 8.36. The van der Waals surface area contributed by atoms with Crippen LogP contribution in [0.3, 0.4) is 0 Å². The fraction of sp³-hybridized carbons (Fsp3) is 0.400. The normalized spacial score (nSPS) is 23.6. The molecule has 1 aromatic rings. The maximum atomic E-state index is 13.3. The number of rotatable bonds is 5. The number of terminal acetylenes is 1. The van der Waals surface area contributed by atoms with Crippen LogP contribution in [0, 0.1) is 12.3 Å². The molecule has 0 bridgehead atoms. The summed E-state index contributed by atoms with van der Waals surface area (Å²) < 4.78 is 20.3. The molecule has 3 atom stereocenters. The number of esters is 3. The summed E-state index contributed by atoms with van der Waals surface area (Å²) in [6, 6.07) is 5.31. The van der Waals surface area contributed by atoms with Gasteiger partial charge < -0.3 is 23.8 Å². The zero-order valence-electron chi connectivity index (χ0n) is 20.3. The molecule has 0 N–H and O–H groups in total. The minimum absolute atomic E-state index is 0.0176. The molecule has 11 nitrogen and oxygen atoms in total. The van der Waals surface area contributed by atoms with E-state index in [1.165, 1.54) is 14.2 Å². The number of amidine groups is 1. The minimum Gasteiger partial charge on any atom is -0.467 e. The van der Waals surface area contributed by atoms with Crippen molar-refractivity contribution >= 4 is 35.5 Å². The molecule has 0 aliphatic carbocycles. The molecule has 0 unspecified atom stereocenters. The van der Waals surface area contributed by atoms with Crippen molar-refractivity contribution in [3.63, 3.8) is 0 Å². The molecule has 0 saturated carbocycles. The Morgan fingerprint density at radius 3 is 2.44 bits per heavy atom. The maximum absolute atomic E-state index is 13.3. The predicted octanol–water partition coefficient (Wildman–Crippen LogP) is 1.16. The average Bonchev–Trinajstić information content (AvgIpc) is 3.38. The van der Waals surface area contributed by atoms with Crippen LogP contribution in [0.2, 0.25) is 0 Å². The standard InChI is InChI=1S/C25H25N3O8/c1-6-7-12-36-24(32)28-16(20(29)33-3)13-25-14-10-8-9-11-15(14)27(2)19(25)17(21(30)34-4)18(22(31)35-5)26-23(25)28/h1,8-11,16,19H,7,12-13H2,2-5H3/t16-,19-,25-/m0/s1. The van der Waals surface area contributed by atoms with Crippen LogP contribution in [0.1, 0.15) is 18.4 Å². The number of hydrogen-bond acceptors (Lipinski definition) is 10. The number of aliphatic imine (C=N–C) groups is 1. The highest BCUT2D eigenvalue weighted by Crippen LogP contribution is 2.57. The Kier molecular flexibility index (Phi) is 6.45. The van der Waals surface area contributed by atoms with E-state index in [0.29, 0.717) is 0 Å². The van der Waals surface area contributed by atoms with Crippen molar-refractivity contribution in [1.82, 2.24) is 4.90 Å². The SMILES string of the molecule is C#CCCOC(=O)N1C2=NC(C(=O)OC)=C(C(=O)OC)[C@@H]3N(C)c4ccccc4[C@]23C[C@H]1C(=O)OC. The lowest BCUT2D eigenvalue weighted by atomic mass is 9.69.